The Balaban J connectivity index is 2.01. The molecule has 0 spiro atoms. The molecule has 1 rings (SSSR count). The fourth-order valence-electron chi connectivity index (χ4n) is 4.23. The van der Waals surface area contributed by atoms with Crippen LogP contribution in [0.1, 0.15) is 137 Å². The van der Waals surface area contributed by atoms with Crippen molar-refractivity contribution in [2.24, 2.45) is 0 Å². The van der Waals surface area contributed by atoms with E-state index in [1.807, 2.05) is 20.8 Å². The molecule has 0 saturated heterocycles. The summed E-state index contributed by atoms with van der Waals surface area (Å²) in [5, 5.41) is 9.47. The molecular formula is C28H48O3. The van der Waals surface area contributed by atoms with E-state index in [1.165, 1.54) is 89.9 Å². The summed E-state index contributed by atoms with van der Waals surface area (Å²) in [4.78, 5) is 11.5. The van der Waals surface area contributed by atoms with Crippen LogP contribution in [0.2, 0.25) is 0 Å². The monoisotopic (exact) mass is 432 g/mol. The Hall–Kier alpha value is -1.51. The zero-order valence-electron chi connectivity index (χ0n) is 20.9. The van der Waals surface area contributed by atoms with Crippen molar-refractivity contribution < 1.29 is 14.6 Å². The summed E-state index contributed by atoms with van der Waals surface area (Å²) in [7, 11) is 0. The summed E-state index contributed by atoms with van der Waals surface area (Å²) in [6.45, 7) is 8.81. The normalized spacial score (nSPS) is 11.1. The van der Waals surface area contributed by atoms with Gasteiger partial charge in [0.05, 0.1) is 6.61 Å². The SMILES string of the molecule is CCCCCCCCCCCCCCCCCCOc1c(C(=O)O)cc(C)c(C)c1C. The van der Waals surface area contributed by atoms with E-state index in [9.17, 15) is 9.90 Å². The molecule has 0 aliphatic heterocycles. The predicted molar refractivity (Wildman–Crippen MR) is 133 cm³/mol. The molecule has 0 aliphatic carbocycles. The number of aryl methyl sites for hydroxylation is 1. The Labute approximate surface area is 192 Å². The van der Waals surface area contributed by atoms with Crippen molar-refractivity contribution in [3.8, 4) is 5.75 Å². The van der Waals surface area contributed by atoms with Crippen LogP contribution in [0, 0.1) is 20.8 Å². The summed E-state index contributed by atoms with van der Waals surface area (Å²) >= 11 is 0. The average molecular weight is 433 g/mol. The lowest BCUT2D eigenvalue weighted by molar-refractivity contribution is 0.0691. The molecule has 0 aromatic heterocycles. The van der Waals surface area contributed by atoms with Gasteiger partial charge in [-0.05, 0) is 49.9 Å². The number of carbonyl (C=O) groups is 1. The van der Waals surface area contributed by atoms with Gasteiger partial charge < -0.3 is 9.84 Å². The first-order valence-electron chi connectivity index (χ1n) is 13.0. The molecule has 0 radical (unpaired) electrons. The Bertz CT molecular complexity index is 621. The van der Waals surface area contributed by atoms with Crippen molar-refractivity contribution in [1.82, 2.24) is 0 Å². The minimum Gasteiger partial charge on any atom is -0.492 e. The Morgan fingerprint density at radius 2 is 1.13 bits per heavy atom. The standard InChI is InChI=1S/C28H48O3/c1-5-6-7-8-9-10-11-12-13-14-15-16-17-18-19-20-21-31-27-25(4)24(3)23(2)22-26(27)28(29)30/h22H,5-21H2,1-4H3,(H,29,30). The topological polar surface area (TPSA) is 46.5 Å². The maximum Gasteiger partial charge on any atom is 0.339 e. The van der Waals surface area contributed by atoms with E-state index < -0.39 is 5.97 Å². The molecule has 3 heteroatoms. The quantitative estimate of drug-likeness (QED) is 0.222. The highest BCUT2D eigenvalue weighted by molar-refractivity contribution is 5.92. The molecule has 0 bridgehead atoms. The Kier molecular flexibility index (Phi) is 15.2. The molecule has 0 saturated carbocycles. The van der Waals surface area contributed by atoms with Gasteiger partial charge in [0.15, 0.2) is 0 Å². The molecule has 178 valence electrons. The third-order valence-corrected chi connectivity index (χ3v) is 6.57. The van der Waals surface area contributed by atoms with Gasteiger partial charge in [0, 0.05) is 0 Å². The summed E-state index contributed by atoms with van der Waals surface area (Å²) in [5.41, 5.74) is 3.36. The minimum absolute atomic E-state index is 0.289. The largest absolute Gasteiger partial charge is 0.492 e. The molecule has 31 heavy (non-hydrogen) atoms. The van der Waals surface area contributed by atoms with Crippen molar-refractivity contribution in [2.45, 2.75) is 130 Å². The number of carboxylic acid groups (broad SMARTS) is 1. The maximum atomic E-state index is 11.5. The molecule has 1 aromatic carbocycles. The van der Waals surface area contributed by atoms with Crippen LogP contribution in [0.15, 0.2) is 6.07 Å². The highest BCUT2D eigenvalue weighted by Gasteiger charge is 2.17. The Morgan fingerprint density at radius 3 is 1.55 bits per heavy atom. The zero-order valence-corrected chi connectivity index (χ0v) is 20.9. The number of hydrogen-bond acceptors (Lipinski definition) is 2. The number of unbranched alkanes of at least 4 members (excludes halogenated alkanes) is 15. The maximum absolute atomic E-state index is 11.5. The van der Waals surface area contributed by atoms with E-state index >= 15 is 0 Å². The van der Waals surface area contributed by atoms with Crippen molar-refractivity contribution in [3.05, 3.63) is 28.3 Å². The van der Waals surface area contributed by atoms with E-state index in [0.29, 0.717) is 12.4 Å². The average Bonchev–Trinajstić information content (AvgIpc) is 2.75. The first-order chi connectivity index (χ1) is 15.0. The van der Waals surface area contributed by atoms with Crippen LogP contribution in [0.3, 0.4) is 0 Å². The predicted octanol–water partition coefficient (Wildman–Crippen LogP) is 8.95. The van der Waals surface area contributed by atoms with E-state index in [1.54, 1.807) is 6.07 Å². The van der Waals surface area contributed by atoms with Crippen LogP contribution in [0.5, 0.6) is 5.75 Å². The fourth-order valence-corrected chi connectivity index (χ4v) is 4.23. The second-order valence-corrected chi connectivity index (χ2v) is 9.28. The van der Waals surface area contributed by atoms with Gasteiger partial charge in [0.25, 0.3) is 0 Å². The van der Waals surface area contributed by atoms with Crippen LogP contribution in [-0.2, 0) is 0 Å². The highest BCUT2D eigenvalue weighted by atomic mass is 16.5. The summed E-state index contributed by atoms with van der Waals surface area (Å²) in [6, 6.07) is 1.73. The van der Waals surface area contributed by atoms with Crippen LogP contribution in [0.4, 0.5) is 0 Å². The number of aromatic carboxylic acids is 1. The third-order valence-electron chi connectivity index (χ3n) is 6.57. The van der Waals surface area contributed by atoms with Crippen molar-refractivity contribution in [1.29, 1.82) is 0 Å². The van der Waals surface area contributed by atoms with Crippen molar-refractivity contribution >= 4 is 5.97 Å². The lowest BCUT2D eigenvalue weighted by Gasteiger charge is -2.16. The van der Waals surface area contributed by atoms with Gasteiger partial charge in [-0.3, -0.25) is 0 Å². The number of rotatable bonds is 19. The smallest absolute Gasteiger partial charge is 0.339 e. The summed E-state index contributed by atoms with van der Waals surface area (Å²) < 4.78 is 5.90. The van der Waals surface area contributed by atoms with Gasteiger partial charge in [-0.1, -0.05) is 103 Å². The highest BCUT2D eigenvalue weighted by Crippen LogP contribution is 2.29. The van der Waals surface area contributed by atoms with Gasteiger partial charge in [0.2, 0.25) is 0 Å². The second-order valence-electron chi connectivity index (χ2n) is 9.28. The first-order valence-corrected chi connectivity index (χ1v) is 13.0. The second kappa shape index (κ2) is 17.1. The number of hydrogen-bond donors (Lipinski definition) is 1. The van der Waals surface area contributed by atoms with E-state index in [4.69, 9.17) is 4.74 Å². The summed E-state index contributed by atoms with van der Waals surface area (Å²) in [6.07, 6.45) is 21.5. The van der Waals surface area contributed by atoms with Gasteiger partial charge in [-0.25, -0.2) is 4.79 Å². The van der Waals surface area contributed by atoms with E-state index in [-0.39, 0.29) is 5.56 Å². The molecule has 1 N–H and O–H groups in total. The third kappa shape index (κ3) is 11.6. The number of ether oxygens (including phenoxy) is 1. The molecule has 0 amide bonds. The van der Waals surface area contributed by atoms with Gasteiger partial charge in [0.1, 0.15) is 11.3 Å². The molecule has 1 aromatic rings. The molecule has 0 heterocycles. The lowest BCUT2D eigenvalue weighted by Crippen LogP contribution is -2.08. The fraction of sp³-hybridized carbons (Fsp3) is 0.750. The molecular weight excluding hydrogens is 384 g/mol. The lowest BCUT2D eigenvalue weighted by atomic mass is 9.99. The van der Waals surface area contributed by atoms with Crippen LogP contribution in [-0.4, -0.2) is 17.7 Å². The van der Waals surface area contributed by atoms with Crippen LogP contribution >= 0.6 is 0 Å². The van der Waals surface area contributed by atoms with E-state index in [0.717, 1.165) is 29.5 Å². The van der Waals surface area contributed by atoms with Gasteiger partial charge >= 0.3 is 5.97 Å². The van der Waals surface area contributed by atoms with Crippen molar-refractivity contribution in [2.75, 3.05) is 6.61 Å². The molecule has 0 unspecified atom stereocenters. The Morgan fingerprint density at radius 1 is 0.710 bits per heavy atom. The number of benzene rings is 1. The molecule has 0 aliphatic rings. The summed E-state index contributed by atoms with van der Waals surface area (Å²) in [5.74, 6) is -0.357. The first kappa shape index (κ1) is 27.5. The molecule has 3 nitrogen and oxygen atoms in total. The minimum atomic E-state index is -0.909. The van der Waals surface area contributed by atoms with Gasteiger partial charge in [-0.15, -0.1) is 0 Å². The van der Waals surface area contributed by atoms with E-state index in [2.05, 4.69) is 6.92 Å². The zero-order chi connectivity index (χ0) is 22.9. The molecule has 0 fully saturated rings. The van der Waals surface area contributed by atoms with Crippen LogP contribution < -0.4 is 4.74 Å². The molecule has 0 atom stereocenters. The van der Waals surface area contributed by atoms with Crippen molar-refractivity contribution in [3.63, 3.8) is 0 Å². The van der Waals surface area contributed by atoms with Gasteiger partial charge in [-0.2, -0.15) is 0 Å². The number of carboxylic acids is 1. The van der Waals surface area contributed by atoms with Crippen LogP contribution in [0.25, 0.3) is 0 Å².